The van der Waals surface area contributed by atoms with Crippen molar-refractivity contribution in [3.63, 3.8) is 0 Å². The third-order valence-electron chi connectivity index (χ3n) is 4.94. The molecule has 4 aromatic rings. The maximum Gasteiger partial charge on any atom is 0.289 e. The lowest BCUT2D eigenvalue weighted by molar-refractivity contribution is 0.0683. The molecule has 0 radical (unpaired) electrons. The Balaban J connectivity index is 1.26. The molecule has 0 spiro atoms. The van der Waals surface area contributed by atoms with Gasteiger partial charge >= 0.3 is 0 Å². The van der Waals surface area contributed by atoms with Crippen molar-refractivity contribution in [1.29, 1.82) is 0 Å². The molecule has 0 unspecified atom stereocenters. The molecule has 1 aliphatic heterocycles. The summed E-state index contributed by atoms with van der Waals surface area (Å²) in [7, 11) is 0. The summed E-state index contributed by atoms with van der Waals surface area (Å²) in [5.74, 6) is 1.44. The highest BCUT2D eigenvalue weighted by Gasteiger charge is 2.28. The van der Waals surface area contributed by atoms with E-state index in [4.69, 9.17) is 8.83 Å². The molecular formula is C20H17N3O3S. The zero-order valence-corrected chi connectivity index (χ0v) is 15.3. The minimum Gasteiger partial charge on any atom is -0.462 e. The van der Waals surface area contributed by atoms with E-state index in [1.165, 1.54) is 0 Å². The average Bonchev–Trinajstić information content (AvgIpc) is 3.47. The van der Waals surface area contributed by atoms with Gasteiger partial charge in [-0.05, 0) is 37.1 Å². The smallest absolute Gasteiger partial charge is 0.289 e. The van der Waals surface area contributed by atoms with E-state index in [0.29, 0.717) is 24.8 Å². The van der Waals surface area contributed by atoms with Gasteiger partial charge in [-0.15, -0.1) is 10.2 Å². The number of hydrogen-bond donors (Lipinski definition) is 0. The van der Waals surface area contributed by atoms with Crippen LogP contribution in [0.2, 0.25) is 0 Å². The van der Waals surface area contributed by atoms with Crippen LogP contribution in [0.4, 0.5) is 0 Å². The first-order valence-electron chi connectivity index (χ1n) is 8.93. The Morgan fingerprint density at radius 2 is 1.96 bits per heavy atom. The number of carbonyl (C=O) groups is 1. The number of furan rings is 2. The van der Waals surface area contributed by atoms with Crippen LogP contribution in [0.3, 0.4) is 0 Å². The molecule has 7 heteroatoms. The van der Waals surface area contributed by atoms with Gasteiger partial charge in [0.25, 0.3) is 5.91 Å². The van der Waals surface area contributed by atoms with Gasteiger partial charge in [0, 0.05) is 24.4 Å². The lowest BCUT2D eigenvalue weighted by Gasteiger charge is -2.30. The third kappa shape index (κ3) is 3.04. The van der Waals surface area contributed by atoms with E-state index in [0.717, 1.165) is 39.6 Å². The van der Waals surface area contributed by atoms with Crippen molar-refractivity contribution in [3.8, 4) is 10.8 Å². The summed E-state index contributed by atoms with van der Waals surface area (Å²) in [6.45, 7) is 1.38. The Hall–Kier alpha value is -2.93. The third-order valence-corrected chi connectivity index (χ3v) is 6.04. The molecule has 136 valence electrons. The van der Waals surface area contributed by atoms with Gasteiger partial charge in [-0.25, -0.2) is 0 Å². The van der Waals surface area contributed by atoms with Gasteiger partial charge in [0.2, 0.25) is 0 Å². The second-order valence-electron chi connectivity index (χ2n) is 6.64. The van der Waals surface area contributed by atoms with Crippen molar-refractivity contribution in [2.24, 2.45) is 0 Å². The lowest BCUT2D eigenvalue weighted by Crippen LogP contribution is -2.37. The Morgan fingerprint density at radius 1 is 1.11 bits per heavy atom. The van der Waals surface area contributed by atoms with E-state index in [1.807, 2.05) is 47.4 Å². The number of para-hydroxylation sites is 1. The van der Waals surface area contributed by atoms with Crippen molar-refractivity contribution in [2.45, 2.75) is 18.8 Å². The van der Waals surface area contributed by atoms with Crippen LogP contribution in [0.15, 0.2) is 57.6 Å². The van der Waals surface area contributed by atoms with E-state index < -0.39 is 0 Å². The summed E-state index contributed by atoms with van der Waals surface area (Å²) < 4.78 is 11.1. The second-order valence-corrected chi connectivity index (χ2v) is 7.65. The normalized spacial score (nSPS) is 15.5. The van der Waals surface area contributed by atoms with Gasteiger partial charge in [0.05, 0.1) is 6.26 Å². The SMILES string of the molecule is O=C(c1cc2ccccc2o1)N1CCC(c2nnc(-c3ccco3)s2)CC1. The highest BCUT2D eigenvalue weighted by molar-refractivity contribution is 7.14. The number of likely N-dealkylation sites (tertiary alicyclic amines) is 1. The fraction of sp³-hybridized carbons (Fsp3) is 0.250. The average molecular weight is 379 g/mol. The Morgan fingerprint density at radius 3 is 2.74 bits per heavy atom. The molecule has 0 atom stereocenters. The van der Waals surface area contributed by atoms with Crippen LogP contribution in [-0.2, 0) is 0 Å². The molecule has 1 amide bonds. The Labute approximate surface area is 159 Å². The van der Waals surface area contributed by atoms with Gasteiger partial charge in [-0.3, -0.25) is 4.79 Å². The molecule has 1 fully saturated rings. The van der Waals surface area contributed by atoms with E-state index in [-0.39, 0.29) is 5.91 Å². The van der Waals surface area contributed by atoms with Gasteiger partial charge in [-0.1, -0.05) is 29.5 Å². The van der Waals surface area contributed by atoms with Crippen molar-refractivity contribution in [2.75, 3.05) is 13.1 Å². The van der Waals surface area contributed by atoms with Crippen molar-refractivity contribution >= 4 is 28.2 Å². The number of carbonyl (C=O) groups excluding carboxylic acids is 1. The molecule has 4 heterocycles. The number of aromatic nitrogens is 2. The minimum atomic E-state index is -0.0433. The maximum absolute atomic E-state index is 12.8. The van der Waals surface area contributed by atoms with Crippen LogP contribution in [0.5, 0.6) is 0 Å². The van der Waals surface area contributed by atoms with Crippen LogP contribution in [0.1, 0.15) is 34.3 Å². The number of amides is 1. The minimum absolute atomic E-state index is 0.0433. The maximum atomic E-state index is 12.8. The number of hydrogen-bond acceptors (Lipinski definition) is 6. The molecule has 1 aliphatic rings. The molecule has 0 saturated carbocycles. The van der Waals surface area contributed by atoms with Crippen molar-refractivity contribution in [1.82, 2.24) is 15.1 Å². The zero-order chi connectivity index (χ0) is 18.2. The Bertz CT molecular complexity index is 1040. The largest absolute Gasteiger partial charge is 0.462 e. The molecule has 0 aliphatic carbocycles. The zero-order valence-electron chi connectivity index (χ0n) is 14.5. The summed E-state index contributed by atoms with van der Waals surface area (Å²) in [6.07, 6.45) is 3.39. The molecule has 27 heavy (non-hydrogen) atoms. The first kappa shape index (κ1) is 16.3. The topological polar surface area (TPSA) is 72.4 Å². The van der Waals surface area contributed by atoms with E-state index in [1.54, 1.807) is 17.6 Å². The second kappa shape index (κ2) is 6.66. The summed E-state index contributed by atoms with van der Waals surface area (Å²) in [5, 5.41) is 11.3. The molecule has 1 saturated heterocycles. The Kier molecular flexibility index (Phi) is 4.01. The molecule has 3 aromatic heterocycles. The summed E-state index contributed by atoms with van der Waals surface area (Å²) in [5.41, 5.74) is 0.745. The fourth-order valence-corrected chi connectivity index (χ4v) is 4.45. The lowest BCUT2D eigenvalue weighted by atomic mass is 9.97. The fourth-order valence-electron chi connectivity index (χ4n) is 3.47. The van der Waals surface area contributed by atoms with Crippen LogP contribution in [-0.4, -0.2) is 34.1 Å². The number of benzene rings is 1. The van der Waals surface area contributed by atoms with E-state index in [9.17, 15) is 4.79 Å². The molecular weight excluding hydrogens is 362 g/mol. The molecule has 0 bridgehead atoms. The van der Waals surface area contributed by atoms with Gasteiger partial charge < -0.3 is 13.7 Å². The quantitative estimate of drug-likeness (QED) is 0.522. The molecule has 1 aromatic carbocycles. The highest BCUT2D eigenvalue weighted by Crippen LogP contribution is 2.34. The van der Waals surface area contributed by atoms with Gasteiger partial charge in [0.1, 0.15) is 10.6 Å². The van der Waals surface area contributed by atoms with E-state index in [2.05, 4.69) is 10.2 Å². The first-order chi connectivity index (χ1) is 13.3. The standard InChI is InChI=1S/C20H17N3O3S/c24-20(17-12-14-4-1-2-5-15(14)26-17)23-9-7-13(8-10-23)18-21-22-19(27-18)16-6-3-11-25-16/h1-6,11-13H,7-10H2. The van der Waals surface area contributed by atoms with Gasteiger partial charge in [-0.2, -0.15) is 0 Å². The number of nitrogens with zero attached hydrogens (tertiary/aromatic N) is 3. The predicted molar refractivity (Wildman–Crippen MR) is 102 cm³/mol. The predicted octanol–water partition coefficient (Wildman–Crippen LogP) is 4.56. The highest BCUT2D eigenvalue weighted by atomic mass is 32.1. The molecule has 6 nitrogen and oxygen atoms in total. The molecule has 5 rings (SSSR count). The van der Waals surface area contributed by atoms with Crippen LogP contribution >= 0.6 is 11.3 Å². The monoisotopic (exact) mass is 379 g/mol. The van der Waals surface area contributed by atoms with Crippen LogP contribution in [0, 0.1) is 0 Å². The number of rotatable bonds is 3. The van der Waals surface area contributed by atoms with Crippen LogP contribution < -0.4 is 0 Å². The number of piperidine rings is 1. The summed E-state index contributed by atoms with van der Waals surface area (Å²) in [6, 6.07) is 13.2. The van der Waals surface area contributed by atoms with Crippen LogP contribution in [0.25, 0.3) is 21.7 Å². The van der Waals surface area contributed by atoms with Gasteiger partial charge in [0.15, 0.2) is 16.5 Å². The number of fused-ring (bicyclic) bond motifs is 1. The summed E-state index contributed by atoms with van der Waals surface area (Å²) >= 11 is 1.57. The summed E-state index contributed by atoms with van der Waals surface area (Å²) in [4.78, 5) is 14.6. The first-order valence-corrected chi connectivity index (χ1v) is 9.75. The van der Waals surface area contributed by atoms with Crippen molar-refractivity contribution in [3.05, 3.63) is 59.5 Å². The molecule has 0 N–H and O–H groups in total. The van der Waals surface area contributed by atoms with E-state index >= 15 is 0 Å². The van der Waals surface area contributed by atoms with Crippen molar-refractivity contribution < 1.29 is 13.6 Å².